The smallest absolute Gasteiger partial charge is 0.0647 e. The molecule has 0 saturated heterocycles. The Morgan fingerprint density at radius 2 is 1.80 bits per heavy atom. The molecule has 2 N–H and O–H groups in total. The highest BCUT2D eigenvalue weighted by atomic mass is 16.5. The van der Waals surface area contributed by atoms with Crippen LogP contribution in [-0.2, 0) is 4.74 Å². The lowest BCUT2D eigenvalue weighted by Crippen LogP contribution is -2.42. The Kier molecular flexibility index (Phi) is 5.07. The van der Waals surface area contributed by atoms with Gasteiger partial charge in [0.2, 0.25) is 0 Å². The van der Waals surface area contributed by atoms with E-state index in [4.69, 9.17) is 10.5 Å². The zero-order valence-electron chi connectivity index (χ0n) is 10.6. The van der Waals surface area contributed by atoms with Gasteiger partial charge in [0, 0.05) is 5.54 Å². The second-order valence-electron chi connectivity index (χ2n) is 5.37. The molecule has 0 aromatic rings. The second kappa shape index (κ2) is 5.86. The van der Waals surface area contributed by atoms with Crippen molar-refractivity contribution in [1.82, 2.24) is 0 Å². The van der Waals surface area contributed by atoms with Crippen molar-refractivity contribution in [1.29, 1.82) is 0 Å². The molecular weight excluding hydrogens is 186 g/mol. The number of hydrogen-bond donors (Lipinski definition) is 1. The molecule has 15 heavy (non-hydrogen) atoms. The largest absolute Gasteiger partial charge is 0.376 e. The van der Waals surface area contributed by atoms with Crippen LogP contribution in [0.4, 0.5) is 0 Å². The van der Waals surface area contributed by atoms with E-state index in [1.807, 2.05) is 0 Å². The first-order valence-electron chi connectivity index (χ1n) is 6.48. The van der Waals surface area contributed by atoms with Crippen LogP contribution in [0.25, 0.3) is 0 Å². The van der Waals surface area contributed by atoms with Crippen molar-refractivity contribution in [3.8, 4) is 0 Å². The molecule has 0 aliphatic heterocycles. The molecule has 1 atom stereocenters. The minimum absolute atomic E-state index is 0.137. The zero-order valence-corrected chi connectivity index (χ0v) is 10.6. The SMILES string of the molecule is CCC1CCC(OCC(C)(N)CC)CC1. The lowest BCUT2D eigenvalue weighted by molar-refractivity contribution is -0.00579. The van der Waals surface area contributed by atoms with E-state index in [1.54, 1.807) is 0 Å². The van der Waals surface area contributed by atoms with Crippen molar-refractivity contribution in [2.75, 3.05) is 6.61 Å². The average molecular weight is 213 g/mol. The van der Waals surface area contributed by atoms with Crippen molar-refractivity contribution < 1.29 is 4.74 Å². The third kappa shape index (κ3) is 4.52. The number of ether oxygens (including phenoxy) is 1. The fraction of sp³-hybridized carbons (Fsp3) is 1.00. The van der Waals surface area contributed by atoms with Gasteiger partial charge < -0.3 is 10.5 Å². The van der Waals surface area contributed by atoms with E-state index < -0.39 is 0 Å². The molecule has 2 heteroatoms. The summed E-state index contributed by atoms with van der Waals surface area (Å²) >= 11 is 0. The van der Waals surface area contributed by atoms with Gasteiger partial charge in [0.1, 0.15) is 0 Å². The normalized spacial score (nSPS) is 31.2. The predicted molar refractivity (Wildman–Crippen MR) is 64.9 cm³/mol. The Bertz CT molecular complexity index is 171. The number of hydrogen-bond acceptors (Lipinski definition) is 2. The molecule has 0 aromatic carbocycles. The van der Waals surface area contributed by atoms with Crippen LogP contribution in [0.1, 0.15) is 59.3 Å². The standard InChI is InChI=1S/C13H27NO/c1-4-11-6-8-12(9-7-11)15-10-13(3,14)5-2/h11-12H,4-10,14H2,1-3H3. The van der Waals surface area contributed by atoms with E-state index in [0.717, 1.165) is 12.3 Å². The minimum atomic E-state index is -0.137. The summed E-state index contributed by atoms with van der Waals surface area (Å²) in [5, 5.41) is 0. The fourth-order valence-electron chi connectivity index (χ4n) is 2.12. The second-order valence-corrected chi connectivity index (χ2v) is 5.37. The van der Waals surface area contributed by atoms with Crippen LogP contribution in [0.5, 0.6) is 0 Å². The Hall–Kier alpha value is -0.0800. The van der Waals surface area contributed by atoms with Crippen LogP contribution < -0.4 is 5.73 Å². The van der Waals surface area contributed by atoms with E-state index in [2.05, 4.69) is 20.8 Å². The third-order valence-electron chi connectivity index (χ3n) is 3.83. The summed E-state index contributed by atoms with van der Waals surface area (Å²) in [6.45, 7) is 7.20. The van der Waals surface area contributed by atoms with E-state index in [0.29, 0.717) is 12.7 Å². The molecule has 1 unspecified atom stereocenters. The van der Waals surface area contributed by atoms with Crippen LogP contribution >= 0.6 is 0 Å². The van der Waals surface area contributed by atoms with Crippen molar-refractivity contribution in [3.63, 3.8) is 0 Å². The van der Waals surface area contributed by atoms with Crippen LogP contribution in [0, 0.1) is 5.92 Å². The van der Waals surface area contributed by atoms with Crippen molar-refractivity contribution in [3.05, 3.63) is 0 Å². The lowest BCUT2D eigenvalue weighted by atomic mass is 9.86. The maximum absolute atomic E-state index is 6.06. The van der Waals surface area contributed by atoms with Gasteiger partial charge in [-0.1, -0.05) is 20.3 Å². The Labute approximate surface area is 94.6 Å². The fourth-order valence-corrected chi connectivity index (χ4v) is 2.12. The lowest BCUT2D eigenvalue weighted by Gasteiger charge is -2.31. The molecule has 0 spiro atoms. The first kappa shape index (κ1) is 13.0. The van der Waals surface area contributed by atoms with E-state index >= 15 is 0 Å². The summed E-state index contributed by atoms with van der Waals surface area (Å²) in [7, 11) is 0. The molecule has 90 valence electrons. The van der Waals surface area contributed by atoms with Crippen LogP contribution in [0.15, 0.2) is 0 Å². The molecule has 1 aliphatic rings. The molecular formula is C13H27NO. The average Bonchev–Trinajstić information content (AvgIpc) is 2.27. The van der Waals surface area contributed by atoms with Gasteiger partial charge in [-0.2, -0.15) is 0 Å². The Morgan fingerprint density at radius 3 is 2.27 bits per heavy atom. The maximum atomic E-state index is 6.06. The first-order chi connectivity index (χ1) is 7.07. The minimum Gasteiger partial charge on any atom is -0.376 e. The maximum Gasteiger partial charge on any atom is 0.0647 e. The number of nitrogens with two attached hydrogens (primary N) is 1. The zero-order chi connectivity index (χ0) is 11.3. The number of rotatable bonds is 5. The van der Waals surface area contributed by atoms with Gasteiger partial charge in [-0.05, 0) is 44.9 Å². The van der Waals surface area contributed by atoms with Crippen LogP contribution in [0.2, 0.25) is 0 Å². The quantitative estimate of drug-likeness (QED) is 0.761. The van der Waals surface area contributed by atoms with E-state index in [1.165, 1.54) is 32.1 Å². The third-order valence-corrected chi connectivity index (χ3v) is 3.83. The molecule has 0 radical (unpaired) electrons. The van der Waals surface area contributed by atoms with Crippen molar-refractivity contribution >= 4 is 0 Å². The van der Waals surface area contributed by atoms with Crippen molar-refractivity contribution in [2.24, 2.45) is 11.7 Å². The van der Waals surface area contributed by atoms with E-state index in [-0.39, 0.29) is 5.54 Å². The van der Waals surface area contributed by atoms with Crippen LogP contribution in [0.3, 0.4) is 0 Å². The Balaban J connectivity index is 2.19. The molecule has 2 nitrogen and oxygen atoms in total. The summed E-state index contributed by atoms with van der Waals surface area (Å²) < 4.78 is 5.91. The van der Waals surface area contributed by atoms with Gasteiger partial charge in [0.15, 0.2) is 0 Å². The molecule has 1 rings (SSSR count). The van der Waals surface area contributed by atoms with E-state index in [9.17, 15) is 0 Å². The molecule has 1 aliphatic carbocycles. The predicted octanol–water partition coefficient (Wildman–Crippen LogP) is 3.10. The van der Waals surface area contributed by atoms with Gasteiger partial charge in [0.25, 0.3) is 0 Å². The summed E-state index contributed by atoms with van der Waals surface area (Å²) in [6.07, 6.45) is 7.94. The first-order valence-corrected chi connectivity index (χ1v) is 6.48. The van der Waals surface area contributed by atoms with Crippen LogP contribution in [-0.4, -0.2) is 18.2 Å². The molecule has 0 amide bonds. The highest BCUT2D eigenvalue weighted by Gasteiger charge is 2.23. The summed E-state index contributed by atoms with van der Waals surface area (Å²) in [5.74, 6) is 0.945. The van der Waals surface area contributed by atoms with Gasteiger partial charge >= 0.3 is 0 Å². The summed E-state index contributed by atoms with van der Waals surface area (Å²) in [4.78, 5) is 0. The molecule has 0 bridgehead atoms. The van der Waals surface area contributed by atoms with Gasteiger partial charge in [-0.25, -0.2) is 0 Å². The monoisotopic (exact) mass is 213 g/mol. The van der Waals surface area contributed by atoms with Gasteiger partial charge in [0.05, 0.1) is 12.7 Å². The highest BCUT2D eigenvalue weighted by molar-refractivity contribution is 4.78. The van der Waals surface area contributed by atoms with Gasteiger partial charge in [-0.3, -0.25) is 0 Å². The summed E-state index contributed by atoms with van der Waals surface area (Å²) in [5.41, 5.74) is 5.92. The molecule has 1 saturated carbocycles. The molecule has 1 fully saturated rings. The molecule has 0 aromatic heterocycles. The molecule has 0 heterocycles. The van der Waals surface area contributed by atoms with Crippen molar-refractivity contribution in [2.45, 2.75) is 70.9 Å². The topological polar surface area (TPSA) is 35.2 Å². The Morgan fingerprint density at radius 1 is 1.20 bits per heavy atom. The summed E-state index contributed by atoms with van der Waals surface area (Å²) in [6, 6.07) is 0. The van der Waals surface area contributed by atoms with Gasteiger partial charge in [-0.15, -0.1) is 0 Å². The highest BCUT2D eigenvalue weighted by Crippen LogP contribution is 2.28.